The standard InChI is InChI=1S/C16H13NO2S/c18-16(19)15(17-11-6-2-1-3-7-11)13-10-20-14-9-5-4-8-12(13)14/h1-10,15,17H,(H,18,19)/t15-/m1/s1. The lowest BCUT2D eigenvalue weighted by Gasteiger charge is -2.15. The zero-order chi connectivity index (χ0) is 13.9. The van der Waals surface area contributed by atoms with E-state index in [1.165, 1.54) is 0 Å². The van der Waals surface area contributed by atoms with Gasteiger partial charge in [0.2, 0.25) is 0 Å². The number of fused-ring (bicyclic) bond motifs is 1. The summed E-state index contributed by atoms with van der Waals surface area (Å²) in [5.74, 6) is -0.877. The number of hydrogen-bond donors (Lipinski definition) is 2. The molecule has 2 N–H and O–H groups in total. The summed E-state index contributed by atoms with van der Waals surface area (Å²) in [7, 11) is 0. The zero-order valence-corrected chi connectivity index (χ0v) is 11.4. The molecule has 3 aromatic rings. The van der Waals surface area contributed by atoms with E-state index in [1.54, 1.807) is 11.3 Å². The number of anilines is 1. The van der Waals surface area contributed by atoms with Gasteiger partial charge >= 0.3 is 5.97 Å². The lowest BCUT2D eigenvalue weighted by molar-refractivity contribution is -0.138. The van der Waals surface area contributed by atoms with Crippen molar-refractivity contribution >= 4 is 33.1 Å². The lowest BCUT2D eigenvalue weighted by Crippen LogP contribution is -2.20. The number of nitrogens with one attached hydrogen (secondary N) is 1. The average Bonchev–Trinajstić information content (AvgIpc) is 2.89. The van der Waals surface area contributed by atoms with Crippen LogP contribution >= 0.6 is 11.3 Å². The van der Waals surface area contributed by atoms with Gasteiger partial charge in [0.1, 0.15) is 0 Å². The number of aliphatic carboxylic acids is 1. The molecule has 0 aliphatic rings. The molecule has 0 aliphatic heterocycles. The number of carboxylic acid groups (broad SMARTS) is 1. The van der Waals surface area contributed by atoms with Crippen molar-refractivity contribution < 1.29 is 9.90 Å². The van der Waals surface area contributed by atoms with E-state index in [1.807, 2.05) is 60.0 Å². The Hall–Kier alpha value is -2.33. The van der Waals surface area contributed by atoms with E-state index in [0.29, 0.717) is 0 Å². The molecule has 0 bridgehead atoms. The summed E-state index contributed by atoms with van der Waals surface area (Å²) in [4.78, 5) is 11.6. The van der Waals surface area contributed by atoms with Gasteiger partial charge in [-0.3, -0.25) is 0 Å². The molecule has 0 fully saturated rings. The van der Waals surface area contributed by atoms with Gasteiger partial charge in [-0.05, 0) is 29.0 Å². The maximum atomic E-state index is 11.6. The third kappa shape index (κ3) is 2.38. The Bertz CT molecular complexity index is 736. The fourth-order valence-electron chi connectivity index (χ4n) is 2.20. The number of thiophene rings is 1. The second kappa shape index (κ2) is 5.35. The monoisotopic (exact) mass is 283 g/mol. The molecule has 1 aromatic heterocycles. The van der Waals surface area contributed by atoms with E-state index >= 15 is 0 Å². The van der Waals surface area contributed by atoms with E-state index in [0.717, 1.165) is 21.3 Å². The minimum Gasteiger partial charge on any atom is -0.479 e. The normalized spacial score (nSPS) is 12.2. The van der Waals surface area contributed by atoms with E-state index in [4.69, 9.17) is 0 Å². The molecular formula is C16H13NO2S. The minimum absolute atomic E-state index is 0.742. The zero-order valence-electron chi connectivity index (χ0n) is 10.6. The summed E-state index contributed by atoms with van der Waals surface area (Å²) in [5.41, 5.74) is 1.61. The molecule has 2 aromatic carbocycles. The number of carboxylic acids is 1. The van der Waals surface area contributed by atoms with Crippen LogP contribution < -0.4 is 5.32 Å². The minimum atomic E-state index is -0.877. The Labute approximate surface area is 120 Å². The Balaban J connectivity index is 2.01. The summed E-state index contributed by atoms with van der Waals surface area (Å²) in [6, 6.07) is 16.5. The molecule has 0 saturated carbocycles. The third-order valence-corrected chi connectivity index (χ3v) is 4.14. The molecule has 3 nitrogen and oxygen atoms in total. The van der Waals surface area contributed by atoms with Crippen molar-refractivity contribution in [3.63, 3.8) is 0 Å². The van der Waals surface area contributed by atoms with Crippen LogP contribution in [0.3, 0.4) is 0 Å². The summed E-state index contributed by atoms with van der Waals surface area (Å²) in [5, 5.41) is 15.5. The number of carbonyl (C=O) groups is 1. The highest BCUT2D eigenvalue weighted by atomic mass is 32.1. The van der Waals surface area contributed by atoms with Crippen molar-refractivity contribution in [2.24, 2.45) is 0 Å². The molecule has 1 heterocycles. The van der Waals surface area contributed by atoms with Crippen molar-refractivity contribution in [1.82, 2.24) is 0 Å². The molecule has 20 heavy (non-hydrogen) atoms. The lowest BCUT2D eigenvalue weighted by atomic mass is 10.1. The Morgan fingerprint density at radius 1 is 1.05 bits per heavy atom. The van der Waals surface area contributed by atoms with Crippen molar-refractivity contribution in [2.45, 2.75) is 6.04 Å². The predicted molar refractivity (Wildman–Crippen MR) is 82.3 cm³/mol. The fourth-order valence-corrected chi connectivity index (χ4v) is 3.18. The van der Waals surface area contributed by atoms with Crippen LogP contribution in [-0.2, 0) is 4.79 Å². The highest BCUT2D eigenvalue weighted by Gasteiger charge is 2.22. The van der Waals surface area contributed by atoms with Gasteiger partial charge in [0.05, 0.1) is 0 Å². The second-order valence-electron chi connectivity index (χ2n) is 4.47. The van der Waals surface area contributed by atoms with Crippen LogP contribution in [0.2, 0.25) is 0 Å². The Morgan fingerprint density at radius 2 is 1.75 bits per heavy atom. The summed E-state index contributed by atoms with van der Waals surface area (Å²) in [6.45, 7) is 0. The van der Waals surface area contributed by atoms with Crippen LogP contribution in [0.4, 0.5) is 5.69 Å². The maximum absolute atomic E-state index is 11.6. The fraction of sp³-hybridized carbons (Fsp3) is 0.0625. The molecular weight excluding hydrogens is 270 g/mol. The number of para-hydroxylation sites is 1. The molecule has 0 radical (unpaired) electrons. The molecule has 0 unspecified atom stereocenters. The van der Waals surface area contributed by atoms with Crippen LogP contribution in [-0.4, -0.2) is 11.1 Å². The van der Waals surface area contributed by atoms with Crippen molar-refractivity contribution in [2.75, 3.05) is 5.32 Å². The van der Waals surface area contributed by atoms with Gasteiger partial charge in [-0.25, -0.2) is 4.79 Å². The number of rotatable bonds is 4. The van der Waals surface area contributed by atoms with Crippen LogP contribution in [0.1, 0.15) is 11.6 Å². The van der Waals surface area contributed by atoms with Crippen LogP contribution in [0, 0.1) is 0 Å². The topological polar surface area (TPSA) is 49.3 Å². The predicted octanol–water partition coefficient (Wildman–Crippen LogP) is 4.14. The second-order valence-corrected chi connectivity index (χ2v) is 5.38. The molecule has 100 valence electrons. The van der Waals surface area contributed by atoms with Crippen LogP contribution in [0.25, 0.3) is 10.1 Å². The average molecular weight is 283 g/mol. The molecule has 0 amide bonds. The Morgan fingerprint density at radius 3 is 2.50 bits per heavy atom. The van der Waals surface area contributed by atoms with E-state index in [9.17, 15) is 9.90 Å². The van der Waals surface area contributed by atoms with Crippen LogP contribution in [0.15, 0.2) is 60.0 Å². The summed E-state index contributed by atoms with van der Waals surface area (Å²) < 4.78 is 1.10. The van der Waals surface area contributed by atoms with Crippen LogP contribution in [0.5, 0.6) is 0 Å². The maximum Gasteiger partial charge on any atom is 0.330 e. The first-order valence-corrected chi connectivity index (χ1v) is 7.14. The van der Waals surface area contributed by atoms with Gasteiger partial charge in [0.25, 0.3) is 0 Å². The first-order valence-electron chi connectivity index (χ1n) is 6.26. The number of hydrogen-bond acceptors (Lipinski definition) is 3. The highest BCUT2D eigenvalue weighted by molar-refractivity contribution is 7.17. The molecule has 0 spiro atoms. The molecule has 1 atom stereocenters. The molecule has 0 saturated heterocycles. The Kier molecular flexibility index (Phi) is 3.39. The van der Waals surface area contributed by atoms with Gasteiger partial charge in [0.15, 0.2) is 6.04 Å². The van der Waals surface area contributed by atoms with E-state index in [2.05, 4.69) is 5.32 Å². The van der Waals surface area contributed by atoms with Crippen molar-refractivity contribution in [1.29, 1.82) is 0 Å². The van der Waals surface area contributed by atoms with Gasteiger partial charge in [-0.1, -0.05) is 36.4 Å². The largest absolute Gasteiger partial charge is 0.479 e. The van der Waals surface area contributed by atoms with Crippen molar-refractivity contribution in [3.8, 4) is 0 Å². The summed E-state index contributed by atoms with van der Waals surface area (Å²) in [6.07, 6.45) is 0. The molecule has 3 rings (SSSR count). The SMILES string of the molecule is O=C(O)[C@H](Nc1ccccc1)c1csc2ccccc12. The molecule has 4 heteroatoms. The van der Waals surface area contributed by atoms with Gasteiger partial charge in [-0.15, -0.1) is 11.3 Å². The quantitative estimate of drug-likeness (QED) is 0.756. The van der Waals surface area contributed by atoms with E-state index < -0.39 is 12.0 Å². The first-order chi connectivity index (χ1) is 9.75. The third-order valence-electron chi connectivity index (χ3n) is 3.15. The van der Waals surface area contributed by atoms with Crippen molar-refractivity contribution in [3.05, 3.63) is 65.5 Å². The smallest absolute Gasteiger partial charge is 0.330 e. The van der Waals surface area contributed by atoms with Gasteiger partial charge in [0, 0.05) is 16.0 Å². The van der Waals surface area contributed by atoms with Gasteiger partial charge < -0.3 is 10.4 Å². The highest BCUT2D eigenvalue weighted by Crippen LogP contribution is 2.32. The first kappa shape index (κ1) is 12.7. The molecule has 0 aliphatic carbocycles. The van der Waals surface area contributed by atoms with E-state index in [-0.39, 0.29) is 0 Å². The summed E-state index contributed by atoms with van der Waals surface area (Å²) >= 11 is 1.57. The van der Waals surface area contributed by atoms with Gasteiger partial charge in [-0.2, -0.15) is 0 Å². The number of benzene rings is 2.